The molecule has 31 heavy (non-hydrogen) atoms. The molecule has 2 unspecified atom stereocenters. The van der Waals surface area contributed by atoms with Crippen LogP contribution in [0.25, 0.3) is 0 Å². The highest BCUT2D eigenvalue weighted by Gasteiger charge is 2.45. The highest BCUT2D eigenvalue weighted by molar-refractivity contribution is 5.95. The Morgan fingerprint density at radius 2 is 1.84 bits per heavy atom. The fourth-order valence-corrected chi connectivity index (χ4v) is 3.85. The molecule has 0 fully saturated rings. The number of carbonyl (C=O) groups is 2. The monoisotopic (exact) mass is 426 g/mol. The maximum atomic E-state index is 13.8. The second kappa shape index (κ2) is 10.4. The molecule has 1 heterocycles. The molecule has 2 aromatic carbocycles. The van der Waals surface area contributed by atoms with E-state index in [4.69, 9.17) is 25.7 Å². The van der Waals surface area contributed by atoms with Gasteiger partial charge in [-0.2, -0.15) is 0 Å². The maximum Gasteiger partial charge on any atom is 0.321 e. The highest BCUT2D eigenvalue weighted by Crippen LogP contribution is 2.36. The fourth-order valence-electron chi connectivity index (χ4n) is 3.85. The van der Waals surface area contributed by atoms with Crippen LogP contribution in [0.3, 0.4) is 0 Å². The minimum absolute atomic E-state index is 0.174. The molecule has 0 saturated carbocycles. The summed E-state index contributed by atoms with van der Waals surface area (Å²) in [5, 5.41) is 0. The summed E-state index contributed by atoms with van der Waals surface area (Å²) in [6.07, 6.45) is 3.21. The Balaban J connectivity index is 1.91. The largest absolute Gasteiger partial charge is 0.454 e. The van der Waals surface area contributed by atoms with Crippen molar-refractivity contribution in [2.75, 3.05) is 13.3 Å². The van der Waals surface area contributed by atoms with E-state index in [0.717, 1.165) is 18.4 Å². The van der Waals surface area contributed by atoms with Crippen LogP contribution >= 0.6 is 0 Å². The third kappa shape index (κ3) is 5.24. The van der Waals surface area contributed by atoms with Crippen LogP contribution in [0, 0.1) is 0 Å². The van der Waals surface area contributed by atoms with Gasteiger partial charge in [-0.15, -0.1) is 0 Å². The zero-order valence-electron chi connectivity index (χ0n) is 17.8. The first kappa shape index (κ1) is 22.8. The van der Waals surface area contributed by atoms with Gasteiger partial charge in [-0.05, 0) is 37.0 Å². The van der Waals surface area contributed by atoms with Gasteiger partial charge < -0.3 is 25.7 Å². The number of Topliss-reactive ketones (excluding diaryl/α,β-unsaturated/α-hetero) is 1. The predicted molar refractivity (Wildman–Crippen MR) is 117 cm³/mol. The minimum Gasteiger partial charge on any atom is -0.454 e. The molecule has 166 valence electrons. The lowest BCUT2D eigenvalue weighted by molar-refractivity contribution is -0.169. The number of ether oxygens (including phenoxy) is 3. The van der Waals surface area contributed by atoms with Crippen molar-refractivity contribution in [2.24, 2.45) is 11.5 Å². The summed E-state index contributed by atoms with van der Waals surface area (Å²) in [5.74, 6) is 0.320. The van der Waals surface area contributed by atoms with Crippen LogP contribution < -0.4 is 20.9 Å². The van der Waals surface area contributed by atoms with Gasteiger partial charge in [0.1, 0.15) is 0 Å². The Bertz CT molecular complexity index is 902. The SMILES string of the molecule is CCCCCC(OC(=O)CN)(C(=O)C(N)Cc1ccc2c(c1)OCO2)c1ccccc1. The van der Waals surface area contributed by atoms with Crippen LogP contribution in [0.2, 0.25) is 0 Å². The molecule has 4 N–H and O–H groups in total. The number of ketones is 1. The zero-order valence-corrected chi connectivity index (χ0v) is 17.8. The van der Waals surface area contributed by atoms with Crippen molar-refractivity contribution in [2.45, 2.75) is 50.7 Å². The fraction of sp³-hybridized carbons (Fsp3) is 0.417. The Labute approximate surface area is 182 Å². The lowest BCUT2D eigenvalue weighted by atomic mass is 9.80. The van der Waals surface area contributed by atoms with Crippen LogP contribution in [0.4, 0.5) is 0 Å². The van der Waals surface area contributed by atoms with Crippen LogP contribution in [-0.2, 0) is 26.3 Å². The average molecular weight is 427 g/mol. The Morgan fingerprint density at radius 1 is 1.10 bits per heavy atom. The van der Waals surface area contributed by atoms with Gasteiger partial charge in [-0.25, -0.2) is 0 Å². The van der Waals surface area contributed by atoms with E-state index in [2.05, 4.69) is 6.92 Å². The molecule has 3 rings (SSSR count). The number of hydrogen-bond donors (Lipinski definition) is 2. The second-order valence-corrected chi connectivity index (χ2v) is 7.69. The van der Waals surface area contributed by atoms with E-state index >= 15 is 0 Å². The van der Waals surface area contributed by atoms with Gasteiger partial charge in [0.05, 0.1) is 12.6 Å². The van der Waals surface area contributed by atoms with E-state index in [9.17, 15) is 9.59 Å². The average Bonchev–Trinajstić information content (AvgIpc) is 3.26. The summed E-state index contributed by atoms with van der Waals surface area (Å²) in [6.45, 7) is 1.93. The first-order valence-corrected chi connectivity index (χ1v) is 10.7. The molecule has 2 atom stereocenters. The first-order valence-electron chi connectivity index (χ1n) is 10.7. The van der Waals surface area contributed by atoms with Gasteiger partial charge in [0.25, 0.3) is 0 Å². The molecule has 1 aliphatic rings. The van der Waals surface area contributed by atoms with Crippen molar-refractivity contribution in [1.29, 1.82) is 0 Å². The lowest BCUT2D eigenvalue weighted by Crippen LogP contribution is -2.50. The minimum atomic E-state index is -1.47. The number of carbonyl (C=O) groups excluding carboxylic acids is 2. The van der Waals surface area contributed by atoms with Gasteiger partial charge in [0.2, 0.25) is 6.79 Å². The number of rotatable bonds is 11. The van der Waals surface area contributed by atoms with E-state index in [0.29, 0.717) is 29.9 Å². The third-order valence-corrected chi connectivity index (χ3v) is 5.45. The van der Waals surface area contributed by atoms with E-state index in [-0.39, 0.29) is 25.5 Å². The van der Waals surface area contributed by atoms with Gasteiger partial charge in [0.15, 0.2) is 22.9 Å². The normalized spacial score (nSPS) is 15.2. The van der Waals surface area contributed by atoms with Crippen LogP contribution in [0.1, 0.15) is 43.7 Å². The summed E-state index contributed by atoms with van der Waals surface area (Å²) in [4.78, 5) is 26.0. The maximum absolute atomic E-state index is 13.8. The smallest absolute Gasteiger partial charge is 0.321 e. The summed E-state index contributed by atoms with van der Waals surface area (Å²) in [6, 6.07) is 13.7. The molecule has 2 aromatic rings. The Kier molecular flexibility index (Phi) is 7.65. The van der Waals surface area contributed by atoms with Crippen molar-refractivity contribution in [3.8, 4) is 11.5 Å². The summed E-state index contributed by atoms with van der Waals surface area (Å²) in [7, 11) is 0. The highest BCUT2D eigenvalue weighted by atomic mass is 16.7. The van der Waals surface area contributed by atoms with Crippen molar-refractivity contribution >= 4 is 11.8 Å². The predicted octanol–water partition coefficient (Wildman–Crippen LogP) is 2.83. The van der Waals surface area contributed by atoms with Crippen LogP contribution in [0.15, 0.2) is 48.5 Å². The summed E-state index contributed by atoms with van der Waals surface area (Å²) < 4.78 is 16.5. The van der Waals surface area contributed by atoms with E-state index in [1.165, 1.54) is 0 Å². The summed E-state index contributed by atoms with van der Waals surface area (Å²) >= 11 is 0. The molecule has 7 nitrogen and oxygen atoms in total. The molecule has 0 bridgehead atoms. The molecule has 1 aliphatic heterocycles. The summed E-state index contributed by atoms with van der Waals surface area (Å²) in [5.41, 5.74) is 11.9. The molecule has 0 aromatic heterocycles. The van der Waals surface area contributed by atoms with Crippen molar-refractivity contribution in [3.63, 3.8) is 0 Å². The quantitative estimate of drug-likeness (QED) is 0.419. The Hall–Kier alpha value is -2.90. The number of unbranched alkanes of at least 4 members (excludes halogenated alkanes) is 2. The van der Waals surface area contributed by atoms with Gasteiger partial charge >= 0.3 is 5.97 Å². The molecular weight excluding hydrogens is 396 g/mol. The van der Waals surface area contributed by atoms with Crippen molar-refractivity contribution in [1.82, 2.24) is 0 Å². The molecule has 0 aliphatic carbocycles. The van der Waals surface area contributed by atoms with Crippen LogP contribution in [0.5, 0.6) is 11.5 Å². The molecular formula is C24H30N2O5. The van der Waals surface area contributed by atoms with Crippen molar-refractivity contribution in [3.05, 3.63) is 59.7 Å². The molecule has 0 radical (unpaired) electrons. The topological polar surface area (TPSA) is 114 Å². The van der Waals surface area contributed by atoms with Gasteiger partial charge in [0, 0.05) is 5.56 Å². The lowest BCUT2D eigenvalue weighted by Gasteiger charge is -2.34. The number of benzene rings is 2. The standard InChI is InChI=1S/C24H30N2O5/c1-2-3-7-12-24(31-22(27)15-25,18-8-5-4-6-9-18)23(28)19(26)13-17-10-11-20-21(14-17)30-16-29-20/h4-6,8-11,14,19H,2-3,7,12-13,15-16,25-26H2,1H3. The zero-order chi connectivity index (χ0) is 22.3. The first-order chi connectivity index (χ1) is 15.0. The number of nitrogens with two attached hydrogens (primary N) is 2. The van der Waals surface area contributed by atoms with Gasteiger partial charge in [-0.1, -0.05) is 56.2 Å². The van der Waals surface area contributed by atoms with E-state index < -0.39 is 17.6 Å². The molecule has 0 spiro atoms. The van der Waals surface area contributed by atoms with E-state index in [1.807, 2.05) is 30.3 Å². The van der Waals surface area contributed by atoms with E-state index in [1.54, 1.807) is 18.2 Å². The van der Waals surface area contributed by atoms with Crippen LogP contribution in [-0.4, -0.2) is 31.1 Å². The molecule has 0 saturated heterocycles. The third-order valence-electron chi connectivity index (χ3n) is 5.45. The molecule has 0 amide bonds. The van der Waals surface area contributed by atoms with Gasteiger partial charge in [-0.3, -0.25) is 9.59 Å². The number of hydrogen-bond acceptors (Lipinski definition) is 7. The Morgan fingerprint density at radius 3 is 2.55 bits per heavy atom. The molecule has 7 heteroatoms. The van der Waals surface area contributed by atoms with Crippen molar-refractivity contribution < 1.29 is 23.8 Å². The number of esters is 1. The number of fused-ring (bicyclic) bond motifs is 1. The second-order valence-electron chi connectivity index (χ2n) is 7.69.